The molecule has 1 aliphatic carbocycles. The summed E-state index contributed by atoms with van der Waals surface area (Å²) in [5, 5.41) is 23.1. The summed E-state index contributed by atoms with van der Waals surface area (Å²) in [7, 11) is 3.13. The molecule has 4 aromatic rings. The molecule has 2 aliphatic rings. The van der Waals surface area contributed by atoms with E-state index in [1.807, 2.05) is 31.2 Å². The van der Waals surface area contributed by atoms with Crippen LogP contribution in [-0.2, 0) is 23.1 Å². The first kappa shape index (κ1) is 34.3. The fourth-order valence-electron chi connectivity index (χ4n) is 7.36. The molecule has 1 fully saturated rings. The minimum Gasteiger partial charge on any atom is -0.355 e. The van der Waals surface area contributed by atoms with Crippen LogP contribution in [0.1, 0.15) is 75.0 Å². The summed E-state index contributed by atoms with van der Waals surface area (Å²) >= 11 is 0. The number of hydrogen-bond acceptors (Lipinski definition) is 7. The number of nitrogens with zero attached hydrogens (tertiary/aromatic N) is 4. The van der Waals surface area contributed by atoms with Crippen LogP contribution < -0.4 is 21.6 Å². The third-order valence-corrected chi connectivity index (χ3v) is 9.80. The number of rotatable bonds is 9. The molecule has 1 saturated heterocycles. The highest BCUT2D eigenvalue weighted by atomic mass is 19.1. The van der Waals surface area contributed by atoms with Gasteiger partial charge in [-0.15, -0.1) is 5.10 Å². The van der Waals surface area contributed by atoms with Gasteiger partial charge < -0.3 is 20.9 Å². The SMILES string of the molecule is CNC(=O)c1ccc2c(c1)CCc1cc(C(=O)NC)ccc1C2(C[C@H](C)NCC(=O)N1CCCC1C#N)c1nn(-c2ccc(F)cc2)c(=O)[nH]1. The number of H-pyrrole nitrogens is 1. The minimum atomic E-state index is -1.15. The zero-order valence-electron chi connectivity index (χ0n) is 28.2. The molecule has 0 spiro atoms. The number of nitriles is 1. The fraction of sp³-hybridized carbons (Fsp3) is 0.351. The highest BCUT2D eigenvalue weighted by Crippen LogP contribution is 2.47. The number of carbonyl (C=O) groups excluding carboxylic acids is 3. The lowest BCUT2D eigenvalue weighted by atomic mass is 9.67. The lowest BCUT2D eigenvalue weighted by Crippen LogP contribution is -2.45. The van der Waals surface area contributed by atoms with E-state index in [4.69, 9.17) is 5.10 Å². The number of halogens is 1. The van der Waals surface area contributed by atoms with Gasteiger partial charge in [-0.05, 0) is 110 Å². The van der Waals surface area contributed by atoms with Crippen LogP contribution in [0, 0.1) is 17.1 Å². The van der Waals surface area contributed by atoms with Crippen LogP contribution in [0.3, 0.4) is 0 Å². The summed E-state index contributed by atoms with van der Waals surface area (Å²) in [6.45, 7) is 2.47. The molecule has 258 valence electrons. The summed E-state index contributed by atoms with van der Waals surface area (Å²) in [5.74, 6) is -0.815. The van der Waals surface area contributed by atoms with Crippen LogP contribution in [0.15, 0.2) is 65.5 Å². The summed E-state index contributed by atoms with van der Waals surface area (Å²) < 4.78 is 15.0. The maximum absolute atomic E-state index is 13.9. The Morgan fingerprint density at radius 2 is 1.60 bits per heavy atom. The third kappa shape index (κ3) is 6.30. The third-order valence-electron chi connectivity index (χ3n) is 9.80. The Morgan fingerprint density at radius 3 is 2.16 bits per heavy atom. The van der Waals surface area contributed by atoms with Crippen molar-refractivity contribution in [3.63, 3.8) is 0 Å². The molecule has 0 bridgehead atoms. The summed E-state index contributed by atoms with van der Waals surface area (Å²) in [4.78, 5) is 57.1. The van der Waals surface area contributed by atoms with Crippen LogP contribution in [0.25, 0.3) is 5.69 Å². The quantitative estimate of drug-likeness (QED) is 0.211. The first-order valence-corrected chi connectivity index (χ1v) is 16.7. The van der Waals surface area contributed by atoms with Gasteiger partial charge in [-0.1, -0.05) is 12.1 Å². The Balaban J connectivity index is 1.53. The second-order valence-corrected chi connectivity index (χ2v) is 12.8. The second kappa shape index (κ2) is 14.1. The molecular weight excluding hydrogens is 639 g/mol. The van der Waals surface area contributed by atoms with Crippen molar-refractivity contribution in [2.45, 2.75) is 56.5 Å². The van der Waals surface area contributed by atoms with Crippen molar-refractivity contribution in [1.82, 2.24) is 35.6 Å². The highest BCUT2D eigenvalue weighted by molar-refractivity contribution is 5.95. The summed E-state index contributed by atoms with van der Waals surface area (Å²) in [6, 6.07) is 17.8. The van der Waals surface area contributed by atoms with Gasteiger partial charge in [0.25, 0.3) is 11.8 Å². The molecule has 0 saturated carbocycles. The first-order chi connectivity index (χ1) is 24.1. The van der Waals surface area contributed by atoms with Gasteiger partial charge >= 0.3 is 5.69 Å². The topological polar surface area (TPSA) is 165 Å². The van der Waals surface area contributed by atoms with E-state index in [0.717, 1.165) is 28.7 Å². The van der Waals surface area contributed by atoms with Crippen molar-refractivity contribution in [1.29, 1.82) is 5.26 Å². The number of aromatic amines is 1. The van der Waals surface area contributed by atoms with E-state index in [0.29, 0.717) is 54.9 Å². The van der Waals surface area contributed by atoms with Crippen molar-refractivity contribution >= 4 is 17.7 Å². The van der Waals surface area contributed by atoms with Crippen molar-refractivity contribution in [2.24, 2.45) is 0 Å². The maximum Gasteiger partial charge on any atom is 0.348 e. The van der Waals surface area contributed by atoms with Gasteiger partial charge in [-0.2, -0.15) is 9.94 Å². The fourth-order valence-corrected chi connectivity index (χ4v) is 7.36. The average molecular weight is 679 g/mol. The first-order valence-electron chi connectivity index (χ1n) is 16.7. The van der Waals surface area contributed by atoms with Gasteiger partial charge in [0.1, 0.15) is 17.7 Å². The molecule has 3 amide bonds. The predicted octanol–water partition coefficient (Wildman–Crippen LogP) is 2.73. The minimum absolute atomic E-state index is 0.000892. The predicted molar refractivity (Wildman–Crippen MR) is 184 cm³/mol. The molecule has 6 rings (SSSR count). The number of aryl methyl sites for hydroxylation is 2. The number of hydrogen-bond donors (Lipinski definition) is 4. The molecule has 4 N–H and O–H groups in total. The average Bonchev–Trinajstić information content (AvgIpc) is 3.75. The van der Waals surface area contributed by atoms with Crippen LogP contribution in [-0.4, -0.2) is 76.7 Å². The lowest BCUT2D eigenvalue weighted by molar-refractivity contribution is -0.130. The molecule has 1 aliphatic heterocycles. The Kier molecular flexibility index (Phi) is 9.65. The number of amides is 3. The Morgan fingerprint density at radius 1 is 1.00 bits per heavy atom. The maximum atomic E-state index is 13.9. The van der Waals surface area contributed by atoms with Crippen LogP contribution in [0.2, 0.25) is 0 Å². The molecule has 2 atom stereocenters. The van der Waals surface area contributed by atoms with E-state index < -0.39 is 23.0 Å². The standard InChI is InChI=1S/C37H39FN8O4/c1-22(42-21-32(47)45-16-4-5-29(45)20-39)19-37(35-43-36(50)46(44-35)28-12-10-27(38)11-13-28)30-14-8-25(33(48)40-2)17-23(30)6-7-24-18-26(34(49)41-3)9-15-31(24)37/h8-15,17-18,22,29,42H,4-7,16,19,21H2,1-3H3,(H,40,48)(H,41,49)(H,43,44,50)/t22-,29?/m0/s1. The van der Waals surface area contributed by atoms with Gasteiger partial charge in [-0.3, -0.25) is 19.4 Å². The van der Waals surface area contributed by atoms with Crippen molar-refractivity contribution in [3.8, 4) is 11.8 Å². The normalized spacial score (nSPS) is 16.8. The van der Waals surface area contributed by atoms with Crippen molar-refractivity contribution in [3.05, 3.63) is 116 Å². The molecule has 12 nitrogen and oxygen atoms in total. The van der Waals surface area contributed by atoms with E-state index in [2.05, 4.69) is 27.0 Å². The zero-order chi connectivity index (χ0) is 35.6. The Labute approximate surface area is 288 Å². The number of fused-ring (bicyclic) bond motifs is 2. The molecule has 3 aromatic carbocycles. The van der Waals surface area contributed by atoms with Gasteiger partial charge in [0.2, 0.25) is 5.91 Å². The van der Waals surface area contributed by atoms with E-state index >= 15 is 0 Å². The molecular formula is C37H39FN8O4. The molecule has 13 heteroatoms. The van der Waals surface area contributed by atoms with Gasteiger partial charge in [0.05, 0.1) is 23.7 Å². The Bertz CT molecular complexity index is 1980. The molecule has 1 unspecified atom stereocenters. The monoisotopic (exact) mass is 678 g/mol. The van der Waals surface area contributed by atoms with Crippen LogP contribution >= 0.6 is 0 Å². The van der Waals surface area contributed by atoms with Gasteiger partial charge in [-0.25, -0.2) is 9.18 Å². The molecule has 1 aromatic heterocycles. The second-order valence-electron chi connectivity index (χ2n) is 12.8. The highest BCUT2D eigenvalue weighted by Gasteiger charge is 2.45. The largest absolute Gasteiger partial charge is 0.355 e. The number of aromatic nitrogens is 3. The van der Waals surface area contributed by atoms with Gasteiger partial charge in [0.15, 0.2) is 0 Å². The van der Waals surface area contributed by atoms with E-state index in [1.165, 1.54) is 28.9 Å². The smallest absolute Gasteiger partial charge is 0.348 e. The van der Waals surface area contributed by atoms with Crippen molar-refractivity contribution in [2.75, 3.05) is 27.2 Å². The van der Waals surface area contributed by atoms with Crippen LogP contribution in [0.5, 0.6) is 0 Å². The van der Waals surface area contributed by atoms with Gasteiger partial charge in [0, 0.05) is 37.8 Å². The summed E-state index contributed by atoms with van der Waals surface area (Å²) in [6.07, 6.45) is 2.78. The zero-order valence-corrected chi connectivity index (χ0v) is 28.2. The summed E-state index contributed by atoms with van der Waals surface area (Å²) in [5.41, 5.74) is 2.95. The number of carbonyl (C=O) groups is 3. The van der Waals surface area contributed by atoms with E-state index in [-0.39, 0.29) is 30.3 Å². The van der Waals surface area contributed by atoms with E-state index in [9.17, 15) is 28.8 Å². The lowest BCUT2D eigenvalue weighted by Gasteiger charge is -2.37. The Hall–Kier alpha value is -5.61. The van der Waals surface area contributed by atoms with Crippen molar-refractivity contribution < 1.29 is 18.8 Å². The van der Waals surface area contributed by atoms with E-state index in [1.54, 1.807) is 31.1 Å². The molecule has 2 heterocycles. The number of likely N-dealkylation sites (tertiary alicyclic amines) is 1. The molecule has 50 heavy (non-hydrogen) atoms. The van der Waals surface area contributed by atoms with Crippen LogP contribution in [0.4, 0.5) is 4.39 Å². The number of benzene rings is 3. The number of nitrogens with one attached hydrogen (secondary N) is 4. The molecule has 0 radical (unpaired) electrons.